The van der Waals surface area contributed by atoms with E-state index in [0.717, 1.165) is 19.4 Å². The molecule has 0 spiro atoms. The van der Waals surface area contributed by atoms with E-state index >= 15 is 0 Å². The van der Waals surface area contributed by atoms with Crippen molar-refractivity contribution < 1.29 is 4.79 Å². The van der Waals surface area contributed by atoms with Crippen LogP contribution in [0.3, 0.4) is 0 Å². The summed E-state index contributed by atoms with van der Waals surface area (Å²) in [5.41, 5.74) is 5.00. The molecule has 0 unspecified atom stereocenters. The molecule has 0 saturated carbocycles. The van der Waals surface area contributed by atoms with Gasteiger partial charge in [0.2, 0.25) is 5.91 Å². The molecule has 1 heterocycles. The number of primary amides is 1. The monoisotopic (exact) mass is 115 g/mol. The maximum Gasteiger partial charge on any atom is 0.234 e. The second-order valence-corrected chi connectivity index (χ2v) is 2.05. The maximum atomic E-state index is 10.4. The van der Waals surface area contributed by atoms with Gasteiger partial charge in [-0.3, -0.25) is 4.79 Å². The van der Waals surface area contributed by atoms with E-state index in [1.807, 2.05) is 0 Å². The number of rotatable bonds is 1. The normalized spacial score (nSPS) is 28.2. The molecule has 1 saturated heterocycles. The molecule has 0 aliphatic carbocycles. The van der Waals surface area contributed by atoms with Gasteiger partial charge < -0.3 is 11.1 Å². The highest BCUT2D eigenvalue weighted by molar-refractivity contribution is 5.80. The summed E-state index contributed by atoms with van der Waals surface area (Å²) in [5, 5.41) is 2.98. The molecule has 1 aliphatic heterocycles. The summed E-state index contributed by atoms with van der Waals surface area (Å²) >= 11 is 0. The molecule has 1 amide bonds. The van der Waals surface area contributed by atoms with Gasteiger partial charge in [0.1, 0.15) is 0 Å². The van der Waals surface area contributed by atoms with E-state index < -0.39 is 0 Å². The van der Waals surface area contributed by atoms with E-state index in [4.69, 9.17) is 5.73 Å². The van der Waals surface area contributed by atoms with E-state index in [2.05, 4.69) is 5.32 Å². The molecule has 0 aromatic heterocycles. The Morgan fingerprint density at radius 1 is 1.75 bits per heavy atom. The van der Waals surface area contributed by atoms with Crippen LogP contribution in [-0.2, 0) is 4.79 Å². The summed E-state index contributed by atoms with van der Waals surface area (Å²) in [6.45, 7) is 0.938. The molecule has 1 aliphatic rings. The van der Waals surface area contributed by atoms with Gasteiger partial charge >= 0.3 is 0 Å². The molecule has 0 aromatic rings. The van der Waals surface area contributed by atoms with Crippen LogP contribution in [-0.4, -0.2) is 18.5 Å². The average molecular weight is 115 g/mol. The number of hydrogen-bond acceptors (Lipinski definition) is 2. The zero-order chi connectivity index (χ0) is 5.98. The minimum atomic E-state index is -0.220. The van der Waals surface area contributed by atoms with Crippen LogP contribution in [0.2, 0.25) is 0 Å². The van der Waals surface area contributed by atoms with Crippen molar-refractivity contribution in [2.45, 2.75) is 18.9 Å². The first-order valence-corrected chi connectivity index (χ1v) is 2.83. The maximum absolute atomic E-state index is 10.4. The van der Waals surface area contributed by atoms with E-state index in [9.17, 15) is 4.79 Å². The number of carbonyl (C=O) groups excluding carboxylic acids is 1. The highest BCUT2D eigenvalue weighted by Gasteiger charge is 2.18. The lowest BCUT2D eigenvalue weighted by Crippen LogP contribution is -2.36. The summed E-state index contributed by atoms with van der Waals surface area (Å²) in [4.78, 5) is 10.4. The Kier molecular flexibility index (Phi) is 1.48. The molecule has 0 radical (unpaired) electrons. The van der Waals surface area contributed by atoms with Crippen LogP contribution in [0.1, 0.15) is 12.8 Å². The van der Waals surface area contributed by atoms with Crippen molar-refractivity contribution in [3.05, 3.63) is 0 Å². The highest BCUT2D eigenvalue weighted by Crippen LogP contribution is 2.02. The Labute approximate surface area is 48.2 Å². The fraction of sp³-hybridized carbons (Fsp3) is 0.800. The van der Waals surface area contributed by atoms with Crippen molar-refractivity contribution >= 4 is 5.91 Å². The van der Waals surface area contributed by atoms with Crippen molar-refractivity contribution in [3.8, 4) is 0 Å². The Morgan fingerprint density at radius 3 is 2.75 bits per heavy atom. The predicted molar refractivity (Wildman–Crippen MR) is 30.2 cm³/mol. The minimum absolute atomic E-state index is 0.0463. The van der Waals surface area contributed by atoms with Crippen LogP contribution >= 0.6 is 0 Å². The summed E-state index contributed by atoms with van der Waals surface area (Å²) in [6, 6.07) is -0.0463. The fourth-order valence-electron chi connectivity index (χ4n) is 0.927. The SMILES string of the molecule is NC(=O)[13C@H]1CCCN1. The van der Waals surface area contributed by atoms with Crippen molar-refractivity contribution in [3.63, 3.8) is 0 Å². The average Bonchev–Trinajstić information content (AvgIpc) is 2.12. The third kappa shape index (κ3) is 0.980. The van der Waals surface area contributed by atoms with Gasteiger partial charge in [0.05, 0.1) is 6.04 Å². The third-order valence-electron chi connectivity index (χ3n) is 1.40. The quantitative estimate of drug-likeness (QED) is 0.441. The van der Waals surface area contributed by atoms with Crippen LogP contribution in [0.15, 0.2) is 0 Å². The first-order chi connectivity index (χ1) is 3.80. The van der Waals surface area contributed by atoms with Crippen molar-refractivity contribution in [1.82, 2.24) is 5.32 Å². The van der Waals surface area contributed by atoms with Gasteiger partial charge in [0.15, 0.2) is 0 Å². The van der Waals surface area contributed by atoms with Crippen LogP contribution in [0, 0.1) is 0 Å². The van der Waals surface area contributed by atoms with E-state index in [-0.39, 0.29) is 11.9 Å². The lowest BCUT2D eigenvalue weighted by molar-refractivity contribution is -0.119. The van der Waals surface area contributed by atoms with Gasteiger partial charge in [0.25, 0.3) is 0 Å². The first kappa shape index (κ1) is 5.56. The summed E-state index contributed by atoms with van der Waals surface area (Å²) in [6.07, 6.45) is 1.99. The molecule has 0 aromatic carbocycles. The minimum Gasteiger partial charge on any atom is -0.368 e. The fourth-order valence-corrected chi connectivity index (χ4v) is 0.927. The molecule has 1 rings (SSSR count). The first-order valence-electron chi connectivity index (χ1n) is 2.83. The van der Waals surface area contributed by atoms with E-state index in [1.54, 1.807) is 0 Å². The molecule has 1 fully saturated rings. The van der Waals surface area contributed by atoms with E-state index in [0.29, 0.717) is 0 Å². The number of carbonyl (C=O) groups is 1. The second kappa shape index (κ2) is 2.13. The smallest absolute Gasteiger partial charge is 0.234 e. The molecular formula is C5H10N2O. The standard InChI is InChI=1S/C5H10N2O/c6-5(8)4-2-1-3-7-4/h4,7H,1-3H2,(H2,6,8)/t4-/m1/s1/i4+1. The zero-order valence-corrected chi connectivity index (χ0v) is 4.68. The second-order valence-electron chi connectivity index (χ2n) is 2.05. The number of nitrogens with one attached hydrogen (secondary N) is 1. The Balaban J connectivity index is 2.35. The summed E-state index contributed by atoms with van der Waals surface area (Å²) in [7, 11) is 0. The molecule has 0 bridgehead atoms. The Morgan fingerprint density at radius 2 is 2.50 bits per heavy atom. The predicted octanol–water partition coefficient (Wildman–Crippen LogP) is -0.776. The molecule has 1 atom stereocenters. The van der Waals surface area contributed by atoms with Crippen molar-refractivity contribution in [1.29, 1.82) is 0 Å². The van der Waals surface area contributed by atoms with Crippen molar-refractivity contribution in [2.24, 2.45) is 5.73 Å². The van der Waals surface area contributed by atoms with E-state index in [1.165, 1.54) is 0 Å². The lowest BCUT2D eigenvalue weighted by atomic mass is 10.4. The molecule has 46 valence electrons. The third-order valence-corrected chi connectivity index (χ3v) is 1.40. The van der Waals surface area contributed by atoms with Gasteiger partial charge in [0, 0.05) is 0 Å². The van der Waals surface area contributed by atoms with Crippen LogP contribution < -0.4 is 11.1 Å². The Hall–Kier alpha value is -0.570. The van der Waals surface area contributed by atoms with Gasteiger partial charge in [-0.2, -0.15) is 0 Å². The topological polar surface area (TPSA) is 55.1 Å². The molecule has 3 N–H and O–H groups in total. The lowest BCUT2D eigenvalue weighted by Gasteiger charge is -2.01. The summed E-state index contributed by atoms with van der Waals surface area (Å²) < 4.78 is 0. The number of nitrogens with two attached hydrogens (primary N) is 1. The Bertz CT molecular complexity index is 96.6. The highest BCUT2D eigenvalue weighted by atomic mass is 16.2. The van der Waals surface area contributed by atoms with Gasteiger partial charge in [-0.05, 0) is 19.4 Å². The van der Waals surface area contributed by atoms with Gasteiger partial charge in [-0.15, -0.1) is 0 Å². The molecule has 3 nitrogen and oxygen atoms in total. The molecule has 8 heavy (non-hydrogen) atoms. The van der Waals surface area contributed by atoms with Crippen LogP contribution in [0.4, 0.5) is 0 Å². The zero-order valence-electron chi connectivity index (χ0n) is 4.68. The molecular weight excluding hydrogens is 105 g/mol. The van der Waals surface area contributed by atoms with Crippen LogP contribution in [0.25, 0.3) is 0 Å². The number of amides is 1. The van der Waals surface area contributed by atoms with Gasteiger partial charge in [-0.1, -0.05) is 0 Å². The van der Waals surface area contributed by atoms with Crippen LogP contribution in [0.5, 0.6) is 0 Å². The van der Waals surface area contributed by atoms with Crippen molar-refractivity contribution in [2.75, 3.05) is 6.54 Å². The molecule has 3 heteroatoms. The summed E-state index contributed by atoms with van der Waals surface area (Å²) in [5.74, 6) is -0.220. The largest absolute Gasteiger partial charge is 0.368 e. The number of hydrogen-bond donors (Lipinski definition) is 2. The van der Waals surface area contributed by atoms with Gasteiger partial charge in [-0.25, -0.2) is 0 Å².